The molecular weight excluding hydrogens is 710 g/mol. The monoisotopic (exact) mass is 760 g/mol. The van der Waals surface area contributed by atoms with Crippen molar-refractivity contribution in [2.75, 3.05) is 33.2 Å². The van der Waals surface area contributed by atoms with Crippen LogP contribution in [0.2, 0.25) is 0 Å². The number of methoxy groups -OCH3 is 1. The summed E-state index contributed by atoms with van der Waals surface area (Å²) in [6.45, 7) is -2.28. The van der Waals surface area contributed by atoms with Gasteiger partial charge in [0.1, 0.15) is 6.54 Å². The lowest BCUT2D eigenvalue weighted by Gasteiger charge is -2.39. The maximum atomic E-state index is 15.1. The number of carbonyl (C=O) groups is 1. The Balaban J connectivity index is 1.42. The molecule has 1 saturated heterocycles. The number of ether oxygens (including phenoxy) is 1. The highest BCUT2D eigenvalue weighted by atomic mass is 32.2. The number of halogens is 5. The molecule has 0 atom stereocenters. The number of thioether (sulfide) groups is 1. The first-order chi connectivity index (χ1) is 29.7. The van der Waals surface area contributed by atoms with E-state index in [4.69, 9.17) is 15.1 Å². The van der Waals surface area contributed by atoms with Gasteiger partial charge in [0.05, 0.1) is 35.0 Å². The highest BCUT2D eigenvalue weighted by Gasteiger charge is 2.31. The first-order valence-corrected chi connectivity index (χ1v) is 17.3. The van der Waals surface area contributed by atoms with E-state index in [0.29, 0.717) is 16.7 Å². The molecule has 6 rings (SSSR count). The normalized spacial score (nSPS) is 18.0. The van der Waals surface area contributed by atoms with Crippen molar-refractivity contribution < 1.29 is 46.6 Å². The summed E-state index contributed by atoms with van der Waals surface area (Å²) < 4.78 is 166. The third-order valence-electron chi connectivity index (χ3n) is 8.91. The van der Waals surface area contributed by atoms with E-state index < -0.39 is 119 Å². The van der Waals surface area contributed by atoms with Gasteiger partial charge in [-0.15, -0.1) is 11.8 Å². The molecule has 5 aromatic rings. The van der Waals surface area contributed by atoms with E-state index in [-0.39, 0.29) is 49.8 Å². The second kappa shape index (κ2) is 16.7. The number of alkyl halides is 3. The average molecular weight is 761 g/mol. The van der Waals surface area contributed by atoms with Gasteiger partial charge in [-0.25, -0.2) is 8.78 Å². The van der Waals surface area contributed by atoms with Crippen LogP contribution in [0.1, 0.15) is 50.2 Å². The van der Waals surface area contributed by atoms with Crippen LogP contribution in [0, 0.1) is 18.6 Å². The molecule has 53 heavy (non-hydrogen) atoms. The predicted octanol–water partition coefficient (Wildman–Crippen LogP) is 8.71. The number of aromatic nitrogens is 1. The van der Waals surface area contributed by atoms with E-state index >= 15 is 4.39 Å². The SMILES string of the molecule is [2H]c1c(C)c([2H])c2c(=O)c([2H])c(SC([2H])([2H])c3cccc(F)c3F)n(CC(=O)N(Cc3ccc(-c4ccc(C(F)(F)F)cc4)cc3)C3CCN(CC([2H])([2H])OC([2H])([2H])[2H])CC3)c2c1[2H]. The number of rotatable bonds is 12. The zero-order valence-electron chi connectivity index (χ0n) is 39.2. The van der Waals surface area contributed by atoms with E-state index in [1.165, 1.54) is 24.0 Å². The molecule has 2 heterocycles. The molecule has 1 aliphatic rings. The molecule has 1 aromatic heterocycles. The number of pyridine rings is 1. The maximum absolute atomic E-state index is 15.1. The van der Waals surface area contributed by atoms with Crippen LogP contribution in [-0.4, -0.2) is 59.5 Å². The molecule has 0 spiro atoms. The van der Waals surface area contributed by atoms with Crippen molar-refractivity contribution in [1.29, 1.82) is 0 Å². The fourth-order valence-electron chi connectivity index (χ4n) is 6.12. The summed E-state index contributed by atoms with van der Waals surface area (Å²) in [6.07, 6.45) is -4.13. The standard InChI is InChI=1S/C41H40F5N3O3S/c1-27-6-15-36-34(22-27)37(50)23-39(53-26-31-4-3-5-35(42)40(31)43)49(36)25-38(51)48(33-16-18-47(19-17-33)20-21-52-2)24-28-7-9-29(10-8-28)30-11-13-32(14-12-30)41(44,45)46/h3-15,22-23,33H,16-21,24-26H2,1-2H3/i2D3,6D,15D,21D2,22D,23D,26D2. The number of hydrogen-bond donors (Lipinski definition) is 0. The number of fused-ring (bicyclic) bond motifs is 1. The number of carbonyl (C=O) groups excluding carboxylic acids is 1. The Bertz CT molecular complexity index is 2620. The molecule has 0 aliphatic carbocycles. The van der Waals surface area contributed by atoms with Crippen LogP contribution in [0.4, 0.5) is 22.0 Å². The van der Waals surface area contributed by atoms with Gasteiger partial charge in [-0.05, 0) is 66.7 Å². The number of benzene rings is 4. The summed E-state index contributed by atoms with van der Waals surface area (Å²) in [6, 6.07) is 10.7. The Morgan fingerprint density at radius 3 is 2.40 bits per heavy atom. The Labute approximate surface area is 324 Å². The molecule has 0 radical (unpaired) electrons. The fourth-order valence-corrected chi connectivity index (χ4v) is 6.89. The smallest absolute Gasteiger partial charge is 0.383 e. The summed E-state index contributed by atoms with van der Waals surface area (Å²) in [5, 5.41) is -1.08. The quantitative estimate of drug-likeness (QED) is 0.0942. The molecular formula is C41H40F5N3O3S. The van der Waals surface area contributed by atoms with Gasteiger partial charge < -0.3 is 19.1 Å². The summed E-state index contributed by atoms with van der Waals surface area (Å²) in [5.74, 6) is -3.65. The number of hydrogen-bond acceptors (Lipinski definition) is 5. The third kappa shape index (κ3) is 9.17. The first kappa shape index (κ1) is 26.3. The molecule has 278 valence electrons. The number of piperidine rings is 1. The minimum absolute atomic E-state index is 0.0776. The number of likely N-dealkylation sites (tertiary alicyclic amines) is 1. The predicted molar refractivity (Wildman–Crippen MR) is 198 cm³/mol. The van der Waals surface area contributed by atoms with E-state index in [2.05, 4.69) is 4.74 Å². The minimum Gasteiger partial charge on any atom is -0.383 e. The van der Waals surface area contributed by atoms with Gasteiger partial charge in [-0.1, -0.05) is 60.1 Å². The second-order valence-corrected chi connectivity index (χ2v) is 13.2. The van der Waals surface area contributed by atoms with Crippen LogP contribution >= 0.6 is 11.8 Å². The summed E-state index contributed by atoms with van der Waals surface area (Å²) in [5.41, 5.74) is -4.60. The second-order valence-electron chi connectivity index (χ2n) is 12.4. The van der Waals surface area contributed by atoms with Crippen molar-refractivity contribution in [1.82, 2.24) is 14.4 Å². The van der Waals surface area contributed by atoms with Crippen molar-refractivity contribution in [3.63, 3.8) is 0 Å². The Kier molecular flexibility index (Phi) is 8.26. The molecule has 6 nitrogen and oxygen atoms in total. The van der Waals surface area contributed by atoms with E-state index in [9.17, 15) is 27.2 Å². The van der Waals surface area contributed by atoms with Crippen LogP contribution in [0.25, 0.3) is 22.0 Å². The maximum Gasteiger partial charge on any atom is 0.416 e. The van der Waals surface area contributed by atoms with Crippen LogP contribution < -0.4 is 5.43 Å². The van der Waals surface area contributed by atoms with Gasteiger partial charge >= 0.3 is 6.18 Å². The molecule has 1 amide bonds. The largest absolute Gasteiger partial charge is 0.416 e. The van der Waals surface area contributed by atoms with E-state index in [1.54, 1.807) is 29.2 Å². The van der Waals surface area contributed by atoms with Crippen molar-refractivity contribution >= 4 is 28.6 Å². The van der Waals surface area contributed by atoms with E-state index in [0.717, 1.165) is 34.9 Å². The van der Waals surface area contributed by atoms with Crippen molar-refractivity contribution in [2.24, 2.45) is 0 Å². The lowest BCUT2D eigenvalue weighted by molar-refractivity contribution is -0.137. The zero-order valence-corrected chi connectivity index (χ0v) is 29.1. The molecule has 1 fully saturated rings. The molecule has 1 aliphatic heterocycles. The minimum atomic E-state index is -4.53. The highest BCUT2D eigenvalue weighted by molar-refractivity contribution is 7.98. The van der Waals surface area contributed by atoms with Crippen LogP contribution in [0.15, 0.2) is 101 Å². The molecule has 0 N–H and O–H groups in total. The lowest BCUT2D eigenvalue weighted by atomic mass is 10.00. The van der Waals surface area contributed by atoms with Crippen molar-refractivity contribution in [2.45, 2.75) is 55.8 Å². The fraction of sp³-hybridized carbons (Fsp3) is 0.317. The molecule has 0 unspecified atom stereocenters. The van der Waals surface area contributed by atoms with Gasteiger partial charge in [-0.2, -0.15) is 13.2 Å². The van der Waals surface area contributed by atoms with Crippen LogP contribution in [0.5, 0.6) is 0 Å². The summed E-state index contributed by atoms with van der Waals surface area (Å²) in [7, 11) is -3.01. The highest BCUT2D eigenvalue weighted by Crippen LogP contribution is 2.32. The summed E-state index contributed by atoms with van der Waals surface area (Å²) in [4.78, 5) is 31.8. The number of amides is 1. The summed E-state index contributed by atoms with van der Waals surface area (Å²) >= 11 is 0.102. The lowest BCUT2D eigenvalue weighted by Crippen LogP contribution is -2.48. The Morgan fingerprint density at radius 2 is 1.72 bits per heavy atom. The molecule has 12 heteroatoms. The van der Waals surface area contributed by atoms with Gasteiger partial charge in [0.2, 0.25) is 5.91 Å². The van der Waals surface area contributed by atoms with Gasteiger partial charge in [0, 0.05) is 64.7 Å². The average Bonchev–Trinajstić information content (AvgIpc) is 3.21. The van der Waals surface area contributed by atoms with Crippen molar-refractivity contribution in [3.8, 4) is 11.1 Å². The van der Waals surface area contributed by atoms with Gasteiger partial charge in [-0.3, -0.25) is 9.59 Å². The molecule has 0 bridgehead atoms. The van der Waals surface area contributed by atoms with Gasteiger partial charge in [0.15, 0.2) is 17.1 Å². The topological polar surface area (TPSA) is 54.8 Å². The van der Waals surface area contributed by atoms with E-state index in [1.807, 2.05) is 0 Å². The first-order valence-electron chi connectivity index (χ1n) is 21.9. The molecule has 0 saturated carbocycles. The number of nitrogens with zero attached hydrogens (tertiary/aromatic N) is 3. The van der Waals surface area contributed by atoms with Crippen LogP contribution in [0.3, 0.4) is 0 Å². The zero-order chi connectivity index (χ0) is 47.3. The Morgan fingerprint density at radius 1 is 1.02 bits per heavy atom. The third-order valence-corrected chi connectivity index (χ3v) is 9.75. The van der Waals surface area contributed by atoms with Crippen LogP contribution in [-0.2, 0) is 34.5 Å². The molecule has 4 aromatic carbocycles. The van der Waals surface area contributed by atoms with Gasteiger partial charge in [0.25, 0.3) is 0 Å². The van der Waals surface area contributed by atoms with Crippen molar-refractivity contribution in [3.05, 3.63) is 135 Å². The Hall–Kier alpha value is -4.52.